The molecule has 0 atom stereocenters. The number of hydrogen-bond acceptors (Lipinski definition) is 3. The average Bonchev–Trinajstić information content (AvgIpc) is 3.24. The van der Waals surface area contributed by atoms with Crippen molar-refractivity contribution in [2.75, 3.05) is 0 Å². The van der Waals surface area contributed by atoms with Gasteiger partial charge in [0.05, 0.1) is 11.0 Å². The van der Waals surface area contributed by atoms with Gasteiger partial charge < -0.3 is 0 Å². The molecule has 3 aromatic carbocycles. The molecular formula is C31H28N4. The van der Waals surface area contributed by atoms with E-state index in [1.54, 1.807) is 6.08 Å². The molecule has 0 amide bonds. The summed E-state index contributed by atoms with van der Waals surface area (Å²) in [4.78, 5) is 15.0. The second-order valence-corrected chi connectivity index (χ2v) is 9.00. The lowest BCUT2D eigenvalue weighted by Crippen LogP contribution is -2.25. The number of rotatable bonds is 6. The van der Waals surface area contributed by atoms with E-state index in [-0.39, 0.29) is 0 Å². The Morgan fingerprint density at radius 1 is 0.800 bits per heavy atom. The van der Waals surface area contributed by atoms with Gasteiger partial charge in [0.1, 0.15) is 5.82 Å². The summed E-state index contributed by atoms with van der Waals surface area (Å²) in [5, 5.41) is 2.34. The quantitative estimate of drug-likeness (QED) is 0.249. The zero-order valence-corrected chi connectivity index (χ0v) is 20.3. The van der Waals surface area contributed by atoms with E-state index in [0.29, 0.717) is 17.6 Å². The van der Waals surface area contributed by atoms with Gasteiger partial charge in [-0.1, -0.05) is 97.6 Å². The van der Waals surface area contributed by atoms with Crippen LogP contribution in [0.3, 0.4) is 0 Å². The molecule has 4 nitrogen and oxygen atoms in total. The maximum atomic E-state index is 5.08. The van der Waals surface area contributed by atoms with Crippen LogP contribution in [-0.4, -0.2) is 19.5 Å². The molecule has 2 heterocycles. The van der Waals surface area contributed by atoms with Crippen LogP contribution in [0.4, 0.5) is 0 Å². The largest absolute Gasteiger partial charge is 0.278 e. The topological polar surface area (TPSA) is 43.6 Å². The molecule has 0 saturated heterocycles. The van der Waals surface area contributed by atoms with E-state index in [1.807, 2.05) is 43.4 Å². The van der Waals surface area contributed by atoms with Crippen LogP contribution >= 0.6 is 0 Å². The summed E-state index contributed by atoms with van der Waals surface area (Å²) in [5.74, 6) is 1.90. The van der Waals surface area contributed by atoms with Crippen molar-refractivity contribution >= 4 is 27.4 Å². The molecule has 0 bridgehead atoms. The summed E-state index contributed by atoms with van der Waals surface area (Å²) in [6.45, 7) is 10.3. The highest BCUT2D eigenvalue weighted by Crippen LogP contribution is 2.33. The zero-order valence-electron chi connectivity index (χ0n) is 20.3. The molecule has 0 aliphatic heterocycles. The summed E-state index contributed by atoms with van der Waals surface area (Å²) in [7, 11) is 0. The van der Waals surface area contributed by atoms with E-state index in [2.05, 4.69) is 85.7 Å². The molecule has 0 unspecified atom stereocenters. The number of hydrogen-bond donors (Lipinski definition) is 0. The highest BCUT2D eigenvalue weighted by Gasteiger charge is 2.29. The molecule has 4 heteroatoms. The lowest BCUT2D eigenvalue weighted by molar-refractivity contribution is 0.580. The Labute approximate surface area is 206 Å². The van der Waals surface area contributed by atoms with Crippen molar-refractivity contribution < 1.29 is 0 Å². The summed E-state index contributed by atoms with van der Waals surface area (Å²) in [5.41, 5.74) is 3.68. The third-order valence-corrected chi connectivity index (χ3v) is 6.40. The molecule has 0 fully saturated rings. The first-order valence-corrected chi connectivity index (χ1v) is 11.8. The predicted octanol–water partition coefficient (Wildman–Crippen LogP) is 7.44. The molecule has 172 valence electrons. The van der Waals surface area contributed by atoms with Crippen molar-refractivity contribution in [3.63, 3.8) is 0 Å². The van der Waals surface area contributed by atoms with Crippen LogP contribution in [0.5, 0.6) is 0 Å². The molecule has 35 heavy (non-hydrogen) atoms. The van der Waals surface area contributed by atoms with Crippen molar-refractivity contribution in [3.05, 3.63) is 127 Å². The SMILES string of the molecule is C=C/C(=C\C=C/C)c1nc(-n2c3ccccc3c3ccccc32)nc(C(C)(C)c2ccccc2)n1. The number of aromatic nitrogens is 4. The van der Waals surface area contributed by atoms with Crippen molar-refractivity contribution in [2.45, 2.75) is 26.2 Å². The lowest BCUT2D eigenvalue weighted by atomic mass is 9.84. The smallest absolute Gasteiger partial charge is 0.238 e. The van der Waals surface area contributed by atoms with E-state index in [9.17, 15) is 0 Å². The second-order valence-electron chi connectivity index (χ2n) is 9.00. The fourth-order valence-electron chi connectivity index (χ4n) is 4.43. The molecule has 0 N–H and O–H groups in total. The minimum Gasteiger partial charge on any atom is -0.278 e. The molecule has 2 aromatic heterocycles. The second kappa shape index (κ2) is 9.15. The highest BCUT2D eigenvalue weighted by molar-refractivity contribution is 6.08. The van der Waals surface area contributed by atoms with E-state index < -0.39 is 5.41 Å². The van der Waals surface area contributed by atoms with Gasteiger partial charge in [-0.05, 0) is 38.5 Å². The first kappa shape index (κ1) is 22.5. The number of fused-ring (bicyclic) bond motifs is 3. The normalized spacial score (nSPS) is 12.6. The van der Waals surface area contributed by atoms with Gasteiger partial charge in [-0.3, -0.25) is 4.57 Å². The van der Waals surface area contributed by atoms with Gasteiger partial charge in [-0.2, -0.15) is 9.97 Å². The van der Waals surface area contributed by atoms with Crippen molar-refractivity contribution in [2.24, 2.45) is 0 Å². The van der Waals surface area contributed by atoms with E-state index >= 15 is 0 Å². The van der Waals surface area contributed by atoms with Crippen molar-refractivity contribution in [1.29, 1.82) is 0 Å². The Bertz CT molecular complexity index is 1530. The van der Waals surface area contributed by atoms with Crippen LogP contribution < -0.4 is 0 Å². The number of benzene rings is 3. The van der Waals surface area contributed by atoms with Gasteiger partial charge in [0.25, 0.3) is 0 Å². The number of allylic oxidation sites excluding steroid dienone is 5. The molecular weight excluding hydrogens is 428 g/mol. The third kappa shape index (κ3) is 3.97. The van der Waals surface area contributed by atoms with Crippen LogP contribution in [0, 0.1) is 0 Å². The monoisotopic (exact) mass is 456 g/mol. The van der Waals surface area contributed by atoms with Crippen LogP contribution in [0.25, 0.3) is 33.3 Å². The Kier molecular flexibility index (Phi) is 5.87. The van der Waals surface area contributed by atoms with Gasteiger partial charge in [-0.15, -0.1) is 0 Å². The van der Waals surface area contributed by atoms with Crippen LogP contribution in [0.15, 0.2) is 110 Å². The van der Waals surface area contributed by atoms with Gasteiger partial charge in [0, 0.05) is 21.8 Å². The molecule has 0 spiro atoms. The van der Waals surface area contributed by atoms with E-state index in [4.69, 9.17) is 15.0 Å². The highest BCUT2D eigenvalue weighted by atomic mass is 15.2. The molecule has 0 aliphatic rings. The van der Waals surface area contributed by atoms with Crippen LogP contribution in [0.2, 0.25) is 0 Å². The van der Waals surface area contributed by atoms with Crippen molar-refractivity contribution in [1.82, 2.24) is 19.5 Å². The van der Waals surface area contributed by atoms with Gasteiger partial charge in [-0.25, -0.2) is 4.98 Å². The Hall–Kier alpha value is -4.31. The minimum atomic E-state index is -0.431. The zero-order chi connectivity index (χ0) is 24.4. The molecule has 0 saturated carbocycles. The van der Waals surface area contributed by atoms with Gasteiger partial charge >= 0.3 is 0 Å². The Balaban J connectivity index is 1.84. The molecule has 0 aliphatic carbocycles. The van der Waals surface area contributed by atoms with Crippen molar-refractivity contribution in [3.8, 4) is 5.95 Å². The Morgan fingerprint density at radius 3 is 2.00 bits per heavy atom. The molecule has 5 rings (SSSR count). The number of nitrogens with zero attached hydrogens (tertiary/aromatic N) is 4. The summed E-state index contributed by atoms with van der Waals surface area (Å²) >= 11 is 0. The first-order chi connectivity index (χ1) is 17.0. The third-order valence-electron chi connectivity index (χ3n) is 6.40. The summed E-state index contributed by atoms with van der Waals surface area (Å²) in [6.07, 6.45) is 7.73. The summed E-state index contributed by atoms with van der Waals surface area (Å²) in [6, 6.07) is 27.1. The maximum Gasteiger partial charge on any atom is 0.238 e. The van der Waals surface area contributed by atoms with Gasteiger partial charge in [0.2, 0.25) is 5.95 Å². The van der Waals surface area contributed by atoms with E-state index in [1.165, 1.54) is 10.8 Å². The molecule has 0 radical (unpaired) electrons. The minimum absolute atomic E-state index is 0.431. The Morgan fingerprint density at radius 2 is 1.40 bits per heavy atom. The predicted molar refractivity (Wildman–Crippen MR) is 146 cm³/mol. The van der Waals surface area contributed by atoms with Crippen LogP contribution in [-0.2, 0) is 5.41 Å². The fraction of sp³-hybridized carbons (Fsp3) is 0.129. The van der Waals surface area contributed by atoms with Crippen LogP contribution in [0.1, 0.15) is 38.0 Å². The van der Waals surface area contributed by atoms with Gasteiger partial charge in [0.15, 0.2) is 5.82 Å². The maximum absolute atomic E-state index is 5.08. The summed E-state index contributed by atoms with van der Waals surface area (Å²) < 4.78 is 2.14. The van der Waals surface area contributed by atoms with E-state index in [0.717, 1.165) is 22.2 Å². The average molecular weight is 457 g/mol. The number of para-hydroxylation sites is 2. The lowest BCUT2D eigenvalue weighted by Gasteiger charge is -2.24. The standard InChI is InChI=1S/C31H28N4/c1-5-7-15-22(6-2)28-32-29(31(3,4)23-16-9-8-10-17-23)34-30(33-28)35-26-20-13-11-18-24(26)25-19-12-14-21-27(25)35/h5-21H,2H2,1,3-4H3/b7-5-,22-15+. The molecule has 5 aromatic rings. The fourth-order valence-corrected chi connectivity index (χ4v) is 4.43. The first-order valence-electron chi connectivity index (χ1n) is 11.8.